The second kappa shape index (κ2) is 7.77. The molecule has 1 aliphatic rings. The molecule has 6 nitrogen and oxygen atoms in total. The van der Waals surface area contributed by atoms with Crippen molar-refractivity contribution in [1.29, 1.82) is 0 Å². The average molecular weight is 350 g/mol. The molecule has 0 unspecified atom stereocenters. The Bertz CT molecular complexity index is 687. The summed E-state index contributed by atoms with van der Waals surface area (Å²) in [6.07, 6.45) is 2.39. The van der Waals surface area contributed by atoms with Crippen LogP contribution in [0.2, 0.25) is 5.02 Å². The maximum Gasteiger partial charge on any atom is 0.226 e. The molecule has 7 heteroatoms. The molecular formula is C17H20ClN3O3. The van der Waals surface area contributed by atoms with Crippen LogP contribution in [0.3, 0.4) is 0 Å². The first-order valence-electron chi connectivity index (χ1n) is 8.07. The Morgan fingerprint density at radius 1 is 1.38 bits per heavy atom. The van der Waals surface area contributed by atoms with E-state index in [1.807, 2.05) is 24.3 Å². The van der Waals surface area contributed by atoms with Crippen LogP contribution in [0.15, 0.2) is 28.8 Å². The van der Waals surface area contributed by atoms with Gasteiger partial charge in [-0.25, -0.2) is 0 Å². The van der Waals surface area contributed by atoms with Crippen LogP contribution in [0.1, 0.15) is 42.6 Å². The normalized spacial score (nSPS) is 20.2. The molecule has 1 aliphatic heterocycles. The molecule has 2 heterocycles. The quantitative estimate of drug-likeness (QED) is 0.867. The third-order valence-corrected chi connectivity index (χ3v) is 4.25. The number of benzene rings is 1. The number of halogens is 1. The number of aromatic nitrogens is 2. The van der Waals surface area contributed by atoms with Gasteiger partial charge in [-0.15, -0.1) is 0 Å². The number of ether oxygens (including phenoxy) is 1. The van der Waals surface area contributed by atoms with Gasteiger partial charge in [0.2, 0.25) is 11.8 Å². The number of carbonyl (C=O) groups excluding carboxylic acids is 1. The SMILES string of the molecule is Cc1noc(CCCC(=O)N[C@@H]2CCO[C@H]2c2ccc(Cl)cc2)n1. The number of amides is 1. The van der Waals surface area contributed by atoms with Crippen molar-refractivity contribution in [2.24, 2.45) is 0 Å². The van der Waals surface area contributed by atoms with Crippen molar-refractivity contribution in [3.63, 3.8) is 0 Å². The van der Waals surface area contributed by atoms with Crippen molar-refractivity contribution in [3.05, 3.63) is 46.6 Å². The van der Waals surface area contributed by atoms with E-state index in [0.717, 1.165) is 12.0 Å². The smallest absolute Gasteiger partial charge is 0.226 e. The second-order valence-corrected chi connectivity index (χ2v) is 6.33. The highest BCUT2D eigenvalue weighted by molar-refractivity contribution is 6.30. The van der Waals surface area contributed by atoms with E-state index in [-0.39, 0.29) is 18.1 Å². The van der Waals surface area contributed by atoms with Gasteiger partial charge in [0, 0.05) is 24.5 Å². The number of nitrogens with one attached hydrogen (secondary N) is 1. The van der Waals surface area contributed by atoms with Gasteiger partial charge in [0.1, 0.15) is 6.10 Å². The van der Waals surface area contributed by atoms with Gasteiger partial charge in [-0.05, 0) is 37.5 Å². The standard InChI is InChI=1S/C17H20ClN3O3/c1-11-19-16(24-21-11)4-2-3-15(22)20-14-9-10-23-17(14)12-5-7-13(18)8-6-12/h5-8,14,17H,2-4,9-10H2,1H3,(H,20,22)/t14-,17+/m1/s1. The first-order chi connectivity index (χ1) is 11.6. The Morgan fingerprint density at radius 2 is 2.17 bits per heavy atom. The van der Waals surface area contributed by atoms with Crippen molar-refractivity contribution >= 4 is 17.5 Å². The maximum atomic E-state index is 12.2. The van der Waals surface area contributed by atoms with Crippen LogP contribution in [-0.4, -0.2) is 28.7 Å². The lowest BCUT2D eigenvalue weighted by atomic mass is 10.0. The molecule has 1 amide bonds. The highest BCUT2D eigenvalue weighted by Crippen LogP contribution is 2.30. The molecule has 1 aromatic heterocycles. The molecule has 2 aromatic rings. The molecule has 1 saturated heterocycles. The number of carbonyl (C=O) groups is 1. The van der Waals surface area contributed by atoms with E-state index in [1.54, 1.807) is 6.92 Å². The van der Waals surface area contributed by atoms with Crippen molar-refractivity contribution in [3.8, 4) is 0 Å². The minimum Gasteiger partial charge on any atom is -0.371 e. The highest BCUT2D eigenvalue weighted by atomic mass is 35.5. The first kappa shape index (κ1) is 16.9. The molecule has 0 aliphatic carbocycles. The fraction of sp³-hybridized carbons (Fsp3) is 0.471. The van der Waals surface area contributed by atoms with Gasteiger partial charge < -0.3 is 14.6 Å². The zero-order valence-corrected chi connectivity index (χ0v) is 14.3. The van der Waals surface area contributed by atoms with Gasteiger partial charge in [0.25, 0.3) is 0 Å². The molecule has 128 valence electrons. The monoisotopic (exact) mass is 349 g/mol. The fourth-order valence-electron chi connectivity index (χ4n) is 2.84. The number of hydrogen-bond donors (Lipinski definition) is 1. The van der Waals surface area contributed by atoms with Gasteiger partial charge in [-0.1, -0.05) is 28.9 Å². The Morgan fingerprint density at radius 3 is 2.88 bits per heavy atom. The van der Waals surface area contributed by atoms with Crippen LogP contribution in [0.5, 0.6) is 0 Å². The van der Waals surface area contributed by atoms with Crippen LogP contribution < -0.4 is 5.32 Å². The van der Waals surface area contributed by atoms with Crippen LogP contribution in [0.4, 0.5) is 0 Å². The summed E-state index contributed by atoms with van der Waals surface area (Å²) in [6.45, 7) is 2.41. The lowest BCUT2D eigenvalue weighted by Gasteiger charge is -2.20. The Hall–Kier alpha value is -1.92. The van der Waals surface area contributed by atoms with Crippen LogP contribution in [-0.2, 0) is 16.0 Å². The predicted octanol–water partition coefficient (Wildman–Crippen LogP) is 3.00. The third-order valence-electron chi connectivity index (χ3n) is 4.00. The summed E-state index contributed by atoms with van der Waals surface area (Å²) in [4.78, 5) is 16.3. The van der Waals surface area contributed by atoms with Crippen LogP contribution >= 0.6 is 11.6 Å². The van der Waals surface area contributed by atoms with E-state index < -0.39 is 0 Å². The molecule has 3 rings (SSSR count). The predicted molar refractivity (Wildman–Crippen MR) is 88.7 cm³/mol. The van der Waals surface area contributed by atoms with Crippen molar-refractivity contribution in [2.45, 2.75) is 44.8 Å². The van der Waals surface area contributed by atoms with Crippen molar-refractivity contribution in [2.75, 3.05) is 6.61 Å². The molecule has 2 atom stereocenters. The molecule has 0 spiro atoms. The van der Waals surface area contributed by atoms with Gasteiger partial charge >= 0.3 is 0 Å². The minimum atomic E-state index is -0.121. The van der Waals surface area contributed by atoms with E-state index in [4.69, 9.17) is 20.9 Å². The number of hydrogen-bond acceptors (Lipinski definition) is 5. The van der Waals surface area contributed by atoms with E-state index >= 15 is 0 Å². The molecule has 24 heavy (non-hydrogen) atoms. The molecule has 0 saturated carbocycles. The summed E-state index contributed by atoms with van der Waals surface area (Å²) in [5.74, 6) is 1.20. The molecule has 1 fully saturated rings. The summed E-state index contributed by atoms with van der Waals surface area (Å²) >= 11 is 5.92. The lowest BCUT2D eigenvalue weighted by molar-refractivity contribution is -0.122. The molecule has 0 radical (unpaired) electrons. The largest absolute Gasteiger partial charge is 0.371 e. The van der Waals surface area contributed by atoms with Crippen LogP contribution in [0, 0.1) is 6.92 Å². The molecule has 0 bridgehead atoms. The average Bonchev–Trinajstić information content (AvgIpc) is 3.17. The zero-order chi connectivity index (χ0) is 16.9. The summed E-state index contributed by atoms with van der Waals surface area (Å²) in [5.41, 5.74) is 1.03. The van der Waals surface area contributed by atoms with Crippen molar-refractivity contribution < 1.29 is 14.1 Å². The zero-order valence-electron chi connectivity index (χ0n) is 13.5. The maximum absolute atomic E-state index is 12.2. The number of aryl methyl sites for hydroxylation is 2. The summed E-state index contributed by atoms with van der Waals surface area (Å²) in [5, 5.41) is 7.49. The summed E-state index contributed by atoms with van der Waals surface area (Å²) in [6, 6.07) is 7.54. The van der Waals surface area contributed by atoms with Gasteiger partial charge in [-0.2, -0.15) is 4.98 Å². The van der Waals surface area contributed by atoms with E-state index in [0.29, 0.717) is 42.6 Å². The van der Waals surface area contributed by atoms with E-state index in [1.165, 1.54) is 0 Å². The Labute approximate surface area is 145 Å². The minimum absolute atomic E-state index is 0.00988. The summed E-state index contributed by atoms with van der Waals surface area (Å²) in [7, 11) is 0. The fourth-order valence-corrected chi connectivity index (χ4v) is 2.97. The molecular weight excluding hydrogens is 330 g/mol. The highest BCUT2D eigenvalue weighted by Gasteiger charge is 2.30. The summed E-state index contributed by atoms with van der Waals surface area (Å²) < 4.78 is 10.8. The Balaban J connectivity index is 1.48. The molecule has 1 aromatic carbocycles. The second-order valence-electron chi connectivity index (χ2n) is 5.89. The first-order valence-corrected chi connectivity index (χ1v) is 8.45. The number of rotatable bonds is 6. The van der Waals surface area contributed by atoms with Crippen LogP contribution in [0.25, 0.3) is 0 Å². The van der Waals surface area contributed by atoms with E-state index in [2.05, 4.69) is 15.5 Å². The van der Waals surface area contributed by atoms with Gasteiger partial charge in [-0.3, -0.25) is 4.79 Å². The van der Waals surface area contributed by atoms with E-state index in [9.17, 15) is 4.79 Å². The van der Waals surface area contributed by atoms with Crippen molar-refractivity contribution in [1.82, 2.24) is 15.5 Å². The Kier molecular flexibility index (Phi) is 5.48. The van der Waals surface area contributed by atoms with Gasteiger partial charge in [0.05, 0.1) is 6.04 Å². The lowest BCUT2D eigenvalue weighted by Crippen LogP contribution is -2.36. The molecule has 1 N–H and O–H groups in total. The third kappa shape index (κ3) is 4.33. The topological polar surface area (TPSA) is 77.2 Å². The number of nitrogens with zero attached hydrogens (tertiary/aromatic N) is 2. The van der Waals surface area contributed by atoms with Gasteiger partial charge in [0.15, 0.2) is 5.82 Å².